The number of ketones is 1. The molecule has 0 aliphatic heterocycles. The van der Waals surface area contributed by atoms with Gasteiger partial charge in [-0.1, -0.05) is 12.1 Å². The second kappa shape index (κ2) is 7.10. The lowest BCUT2D eigenvalue weighted by molar-refractivity contribution is 0.0519. The Bertz CT molecular complexity index is 929. The molecule has 0 saturated carbocycles. The number of H-pyrrole nitrogens is 1. The standard InChI is InChI=1S/C17H20N2O5S/c1-5-24-17(21)15-10(2)16(11(3)18-15)25(22,23)19-14-8-6-7-13(9-14)12(4)20/h6-9,18-19H,5H2,1-4H3. The van der Waals surface area contributed by atoms with Crippen LogP contribution in [-0.4, -0.2) is 31.8 Å². The Hall–Kier alpha value is -2.61. The topological polar surface area (TPSA) is 105 Å². The van der Waals surface area contributed by atoms with E-state index in [1.165, 1.54) is 19.9 Å². The summed E-state index contributed by atoms with van der Waals surface area (Å²) in [5.41, 5.74) is 1.39. The maximum Gasteiger partial charge on any atom is 0.355 e. The van der Waals surface area contributed by atoms with E-state index in [-0.39, 0.29) is 34.2 Å². The zero-order valence-corrected chi connectivity index (χ0v) is 15.3. The third-order valence-corrected chi connectivity index (χ3v) is 5.29. The van der Waals surface area contributed by atoms with Gasteiger partial charge in [-0.05, 0) is 39.8 Å². The van der Waals surface area contributed by atoms with Crippen LogP contribution >= 0.6 is 0 Å². The number of aromatic amines is 1. The number of sulfonamides is 1. The fourth-order valence-corrected chi connectivity index (χ4v) is 4.05. The second-order valence-electron chi connectivity index (χ2n) is 5.54. The number of ether oxygens (including phenoxy) is 1. The van der Waals surface area contributed by atoms with E-state index >= 15 is 0 Å². The molecule has 1 heterocycles. The molecule has 134 valence electrons. The molecule has 0 spiro atoms. The quantitative estimate of drug-likeness (QED) is 0.606. The minimum Gasteiger partial charge on any atom is -0.461 e. The number of aryl methyl sites for hydroxylation is 1. The summed E-state index contributed by atoms with van der Waals surface area (Å²) in [7, 11) is -3.95. The van der Waals surface area contributed by atoms with E-state index < -0.39 is 16.0 Å². The zero-order chi connectivity index (χ0) is 18.8. The fraction of sp³-hybridized carbons (Fsp3) is 0.294. The van der Waals surface area contributed by atoms with Crippen molar-refractivity contribution in [2.75, 3.05) is 11.3 Å². The molecule has 0 bridgehead atoms. The van der Waals surface area contributed by atoms with E-state index in [0.29, 0.717) is 11.3 Å². The third-order valence-electron chi connectivity index (χ3n) is 3.64. The van der Waals surface area contributed by atoms with Crippen molar-refractivity contribution in [1.82, 2.24) is 4.98 Å². The fourth-order valence-electron chi connectivity index (χ4n) is 2.55. The number of rotatable bonds is 6. The lowest BCUT2D eigenvalue weighted by atomic mass is 10.1. The molecule has 0 unspecified atom stereocenters. The average molecular weight is 364 g/mol. The van der Waals surface area contributed by atoms with Crippen molar-refractivity contribution in [2.45, 2.75) is 32.6 Å². The Balaban J connectivity index is 2.42. The summed E-state index contributed by atoms with van der Waals surface area (Å²) in [5, 5.41) is 0. The molecular formula is C17H20N2O5S. The minimum atomic E-state index is -3.95. The van der Waals surface area contributed by atoms with Crippen LogP contribution in [0.15, 0.2) is 29.2 Å². The van der Waals surface area contributed by atoms with Crippen molar-refractivity contribution in [3.8, 4) is 0 Å². The molecule has 2 N–H and O–H groups in total. The highest BCUT2D eigenvalue weighted by molar-refractivity contribution is 7.92. The van der Waals surface area contributed by atoms with Gasteiger partial charge in [0.1, 0.15) is 10.6 Å². The number of nitrogens with one attached hydrogen (secondary N) is 2. The van der Waals surface area contributed by atoms with E-state index in [1.54, 1.807) is 32.0 Å². The summed E-state index contributed by atoms with van der Waals surface area (Å²) in [6, 6.07) is 6.21. The number of Topliss-reactive ketones (excluding diaryl/α,β-unsaturated/α-hetero) is 1. The number of benzene rings is 1. The molecule has 0 radical (unpaired) electrons. The molecule has 2 rings (SSSR count). The van der Waals surface area contributed by atoms with Crippen LogP contribution in [0.3, 0.4) is 0 Å². The SMILES string of the molecule is CCOC(=O)c1[nH]c(C)c(S(=O)(=O)Nc2cccc(C(C)=O)c2)c1C. The lowest BCUT2D eigenvalue weighted by Crippen LogP contribution is -2.15. The van der Waals surface area contributed by atoms with Crippen molar-refractivity contribution in [3.05, 3.63) is 46.8 Å². The molecule has 0 atom stereocenters. The van der Waals surface area contributed by atoms with Gasteiger partial charge in [0.2, 0.25) is 0 Å². The van der Waals surface area contributed by atoms with Gasteiger partial charge in [-0.25, -0.2) is 13.2 Å². The molecule has 7 nitrogen and oxygen atoms in total. The van der Waals surface area contributed by atoms with Crippen LogP contribution in [0.5, 0.6) is 0 Å². The van der Waals surface area contributed by atoms with Gasteiger partial charge >= 0.3 is 5.97 Å². The molecule has 1 aromatic heterocycles. The van der Waals surface area contributed by atoms with Crippen LogP contribution in [0.4, 0.5) is 5.69 Å². The van der Waals surface area contributed by atoms with Crippen molar-refractivity contribution < 1.29 is 22.7 Å². The van der Waals surface area contributed by atoms with E-state index in [2.05, 4.69) is 9.71 Å². The number of hydrogen-bond acceptors (Lipinski definition) is 5. The maximum atomic E-state index is 12.8. The molecule has 1 aromatic carbocycles. The molecule has 8 heteroatoms. The Morgan fingerprint density at radius 3 is 2.52 bits per heavy atom. The largest absolute Gasteiger partial charge is 0.461 e. The van der Waals surface area contributed by atoms with Gasteiger partial charge in [0.25, 0.3) is 10.0 Å². The Kier molecular flexibility index (Phi) is 5.32. The van der Waals surface area contributed by atoms with E-state index in [4.69, 9.17) is 4.74 Å². The first-order chi connectivity index (χ1) is 11.7. The van der Waals surface area contributed by atoms with E-state index in [0.717, 1.165) is 0 Å². The first kappa shape index (κ1) is 18.7. The normalized spacial score (nSPS) is 11.2. The third kappa shape index (κ3) is 3.90. The summed E-state index contributed by atoms with van der Waals surface area (Å²) in [4.78, 5) is 26.1. The summed E-state index contributed by atoms with van der Waals surface area (Å²) >= 11 is 0. The number of carbonyl (C=O) groups excluding carboxylic acids is 2. The smallest absolute Gasteiger partial charge is 0.355 e. The molecule has 2 aromatic rings. The van der Waals surface area contributed by atoms with Gasteiger partial charge in [0.15, 0.2) is 5.78 Å². The first-order valence-electron chi connectivity index (χ1n) is 7.67. The van der Waals surface area contributed by atoms with Gasteiger partial charge < -0.3 is 9.72 Å². The van der Waals surface area contributed by atoms with Crippen molar-refractivity contribution in [2.24, 2.45) is 0 Å². The Labute approximate surface area is 146 Å². The number of carbonyl (C=O) groups is 2. The average Bonchev–Trinajstić information content (AvgIpc) is 2.82. The molecule has 0 aliphatic rings. The highest BCUT2D eigenvalue weighted by Crippen LogP contribution is 2.26. The van der Waals surface area contributed by atoms with Crippen LogP contribution in [0, 0.1) is 13.8 Å². The van der Waals surface area contributed by atoms with Crippen LogP contribution in [0.25, 0.3) is 0 Å². The monoisotopic (exact) mass is 364 g/mol. The summed E-state index contributed by atoms with van der Waals surface area (Å²) in [5.74, 6) is -0.775. The number of anilines is 1. The molecule has 0 aliphatic carbocycles. The summed E-state index contributed by atoms with van der Waals surface area (Å²) in [6.07, 6.45) is 0. The van der Waals surface area contributed by atoms with E-state index in [9.17, 15) is 18.0 Å². The highest BCUT2D eigenvalue weighted by Gasteiger charge is 2.27. The van der Waals surface area contributed by atoms with Gasteiger partial charge in [0, 0.05) is 22.5 Å². The lowest BCUT2D eigenvalue weighted by Gasteiger charge is -2.10. The Morgan fingerprint density at radius 2 is 1.92 bits per heavy atom. The number of hydrogen-bond donors (Lipinski definition) is 2. The van der Waals surface area contributed by atoms with E-state index in [1.807, 2.05) is 0 Å². The molecule has 0 fully saturated rings. The van der Waals surface area contributed by atoms with Crippen LogP contribution in [-0.2, 0) is 14.8 Å². The molecule has 0 saturated heterocycles. The molecule has 25 heavy (non-hydrogen) atoms. The maximum absolute atomic E-state index is 12.8. The van der Waals surface area contributed by atoms with Crippen LogP contribution < -0.4 is 4.72 Å². The van der Waals surface area contributed by atoms with Crippen LogP contribution in [0.1, 0.15) is 46.0 Å². The zero-order valence-electron chi connectivity index (χ0n) is 14.5. The number of esters is 1. The first-order valence-corrected chi connectivity index (χ1v) is 9.15. The highest BCUT2D eigenvalue weighted by atomic mass is 32.2. The summed E-state index contributed by atoms with van der Waals surface area (Å²) < 4.78 is 32.9. The summed E-state index contributed by atoms with van der Waals surface area (Å²) in [6.45, 7) is 6.37. The predicted octanol–water partition coefficient (Wildman–Crippen LogP) is 2.81. The molecular weight excluding hydrogens is 344 g/mol. The second-order valence-corrected chi connectivity index (χ2v) is 7.16. The molecule has 0 amide bonds. The van der Waals surface area contributed by atoms with Crippen LogP contribution in [0.2, 0.25) is 0 Å². The van der Waals surface area contributed by atoms with Crippen molar-refractivity contribution in [3.63, 3.8) is 0 Å². The van der Waals surface area contributed by atoms with Gasteiger partial charge in [-0.15, -0.1) is 0 Å². The van der Waals surface area contributed by atoms with Crippen molar-refractivity contribution in [1.29, 1.82) is 0 Å². The van der Waals surface area contributed by atoms with Gasteiger partial charge in [-0.3, -0.25) is 9.52 Å². The number of aromatic nitrogens is 1. The minimum absolute atomic E-state index is 0.0104. The Morgan fingerprint density at radius 1 is 1.24 bits per heavy atom. The van der Waals surface area contributed by atoms with Gasteiger partial charge in [0.05, 0.1) is 6.61 Å². The predicted molar refractivity (Wildman–Crippen MR) is 93.5 cm³/mol. The van der Waals surface area contributed by atoms with Crippen molar-refractivity contribution >= 4 is 27.5 Å². The van der Waals surface area contributed by atoms with Gasteiger partial charge in [-0.2, -0.15) is 0 Å².